The molecular weight excluding hydrogens is 270 g/mol. The average Bonchev–Trinajstić information content (AvgIpc) is 2.25. The Morgan fingerprint density at radius 2 is 1.88 bits per heavy atom. The largest absolute Gasteiger partial charge is 0.272 e. The second-order valence-electron chi connectivity index (χ2n) is 4.37. The molecule has 2 aliphatic rings. The maximum absolute atomic E-state index is 12.2. The molecule has 0 aromatic heterocycles. The standard InChI is InChI=1S/C12H10BrNO2/c13-14-10(15)8-4-1-2-5-9(8)12(11(14)16)6-3-7-12/h1-2,4-5H,3,6-7H2. The van der Waals surface area contributed by atoms with Gasteiger partial charge < -0.3 is 0 Å². The van der Waals surface area contributed by atoms with Gasteiger partial charge in [0.15, 0.2) is 0 Å². The van der Waals surface area contributed by atoms with Crippen LogP contribution in [0.1, 0.15) is 35.2 Å². The zero-order valence-electron chi connectivity index (χ0n) is 8.57. The summed E-state index contributed by atoms with van der Waals surface area (Å²) in [6, 6.07) is 7.42. The maximum atomic E-state index is 12.2. The fraction of sp³-hybridized carbons (Fsp3) is 0.333. The van der Waals surface area contributed by atoms with E-state index in [1.54, 1.807) is 6.07 Å². The first-order valence-corrected chi connectivity index (χ1v) is 6.02. The second kappa shape index (κ2) is 3.17. The van der Waals surface area contributed by atoms with Crippen molar-refractivity contribution in [1.82, 2.24) is 3.93 Å². The Hall–Kier alpha value is -1.16. The predicted octanol–water partition coefficient (Wildman–Crippen LogP) is 2.40. The predicted molar refractivity (Wildman–Crippen MR) is 62.1 cm³/mol. The first-order valence-electron chi connectivity index (χ1n) is 5.31. The minimum Gasteiger partial charge on any atom is -0.272 e. The number of rotatable bonds is 0. The lowest BCUT2D eigenvalue weighted by atomic mass is 9.61. The van der Waals surface area contributed by atoms with E-state index in [-0.39, 0.29) is 11.8 Å². The van der Waals surface area contributed by atoms with Crippen LogP contribution < -0.4 is 0 Å². The first-order chi connectivity index (χ1) is 7.67. The molecule has 1 aromatic carbocycles. The van der Waals surface area contributed by atoms with Crippen LogP contribution in [-0.4, -0.2) is 15.7 Å². The number of benzene rings is 1. The highest BCUT2D eigenvalue weighted by Gasteiger charge is 2.53. The minimum absolute atomic E-state index is 0.109. The quantitative estimate of drug-likeness (QED) is 0.540. The van der Waals surface area contributed by atoms with E-state index < -0.39 is 5.41 Å². The molecule has 1 aliphatic heterocycles. The molecule has 0 bridgehead atoms. The molecule has 0 radical (unpaired) electrons. The van der Waals surface area contributed by atoms with E-state index in [0.29, 0.717) is 5.56 Å². The molecule has 0 atom stereocenters. The van der Waals surface area contributed by atoms with Crippen LogP contribution in [0.2, 0.25) is 0 Å². The summed E-state index contributed by atoms with van der Waals surface area (Å²) in [6.07, 6.45) is 2.74. The van der Waals surface area contributed by atoms with Crippen LogP contribution in [0, 0.1) is 0 Å². The van der Waals surface area contributed by atoms with Gasteiger partial charge >= 0.3 is 0 Å². The highest BCUT2D eigenvalue weighted by Crippen LogP contribution is 2.49. The van der Waals surface area contributed by atoms with E-state index in [2.05, 4.69) is 16.1 Å². The van der Waals surface area contributed by atoms with Crippen LogP contribution in [0.3, 0.4) is 0 Å². The first kappa shape index (κ1) is 10.0. The highest BCUT2D eigenvalue weighted by atomic mass is 79.9. The Labute approximate surface area is 102 Å². The molecule has 3 rings (SSSR count). The number of carbonyl (C=O) groups is 2. The third-order valence-corrected chi connectivity index (χ3v) is 4.29. The molecule has 3 nitrogen and oxygen atoms in total. The van der Waals surface area contributed by atoms with Crippen molar-refractivity contribution in [3.8, 4) is 0 Å². The number of imide groups is 1. The molecule has 1 spiro atoms. The molecule has 1 aliphatic carbocycles. The van der Waals surface area contributed by atoms with Gasteiger partial charge in [0.25, 0.3) is 5.91 Å². The van der Waals surface area contributed by atoms with E-state index in [9.17, 15) is 9.59 Å². The molecule has 1 heterocycles. The highest BCUT2D eigenvalue weighted by molar-refractivity contribution is 9.08. The molecule has 2 amide bonds. The SMILES string of the molecule is O=C1c2ccccc2C2(CCC2)C(=O)N1Br. The van der Waals surface area contributed by atoms with Gasteiger partial charge in [-0.3, -0.25) is 9.59 Å². The molecule has 1 aromatic rings. The number of halogens is 1. The summed E-state index contributed by atoms with van der Waals surface area (Å²) in [5, 5.41) is 0. The zero-order chi connectivity index (χ0) is 11.3. The maximum Gasteiger partial charge on any atom is 0.271 e. The van der Waals surface area contributed by atoms with Crippen LogP contribution >= 0.6 is 16.1 Å². The van der Waals surface area contributed by atoms with Crippen molar-refractivity contribution < 1.29 is 9.59 Å². The molecule has 0 N–H and O–H groups in total. The summed E-state index contributed by atoms with van der Waals surface area (Å²) in [7, 11) is 0. The van der Waals surface area contributed by atoms with Crippen molar-refractivity contribution >= 4 is 28.0 Å². The number of amides is 2. The summed E-state index contributed by atoms with van der Waals surface area (Å²) in [5.41, 5.74) is 1.12. The fourth-order valence-corrected chi connectivity index (χ4v) is 3.13. The number of fused-ring (bicyclic) bond motifs is 2. The van der Waals surface area contributed by atoms with Crippen molar-refractivity contribution in [3.63, 3.8) is 0 Å². The molecule has 1 fully saturated rings. The van der Waals surface area contributed by atoms with Crippen LogP contribution in [0.15, 0.2) is 24.3 Å². The summed E-state index contributed by atoms with van der Waals surface area (Å²) in [5.74, 6) is -0.361. The van der Waals surface area contributed by atoms with Gasteiger partial charge in [-0.05, 0) is 24.5 Å². The smallest absolute Gasteiger partial charge is 0.271 e. The Morgan fingerprint density at radius 3 is 2.50 bits per heavy atom. The van der Waals surface area contributed by atoms with E-state index >= 15 is 0 Å². The lowest BCUT2D eigenvalue weighted by molar-refractivity contribution is -0.133. The fourth-order valence-electron chi connectivity index (χ4n) is 2.60. The summed E-state index contributed by atoms with van der Waals surface area (Å²) in [4.78, 5) is 24.1. The molecule has 82 valence electrons. The zero-order valence-corrected chi connectivity index (χ0v) is 10.2. The van der Waals surface area contributed by atoms with Gasteiger partial charge in [0, 0.05) is 5.56 Å². The van der Waals surface area contributed by atoms with Gasteiger partial charge in [-0.15, -0.1) is 0 Å². The van der Waals surface area contributed by atoms with E-state index in [0.717, 1.165) is 28.8 Å². The molecule has 0 unspecified atom stereocenters. The Bertz CT molecular complexity index is 494. The second-order valence-corrected chi connectivity index (χ2v) is 5.08. The monoisotopic (exact) mass is 279 g/mol. The number of nitrogens with zero attached hydrogens (tertiary/aromatic N) is 1. The van der Waals surface area contributed by atoms with Crippen LogP contribution in [0.25, 0.3) is 0 Å². The summed E-state index contributed by atoms with van der Waals surface area (Å²) < 4.78 is 1.09. The van der Waals surface area contributed by atoms with Crippen molar-refractivity contribution in [3.05, 3.63) is 35.4 Å². The normalized spacial score (nSPS) is 21.9. The Balaban J connectivity index is 2.25. The summed E-state index contributed by atoms with van der Waals surface area (Å²) in [6.45, 7) is 0. The Kier molecular flexibility index (Phi) is 1.98. The third kappa shape index (κ3) is 1.03. The lowest BCUT2D eigenvalue weighted by Crippen LogP contribution is -2.54. The van der Waals surface area contributed by atoms with Gasteiger partial charge in [-0.1, -0.05) is 24.6 Å². The minimum atomic E-state index is -0.437. The number of hydrogen-bond donors (Lipinski definition) is 0. The topological polar surface area (TPSA) is 37.4 Å². The molecule has 0 saturated heterocycles. The Morgan fingerprint density at radius 1 is 1.19 bits per heavy atom. The lowest BCUT2D eigenvalue weighted by Gasteiger charge is -2.45. The van der Waals surface area contributed by atoms with E-state index in [4.69, 9.17) is 0 Å². The van der Waals surface area contributed by atoms with Gasteiger partial charge in [-0.2, -0.15) is 0 Å². The van der Waals surface area contributed by atoms with Crippen molar-refractivity contribution in [2.24, 2.45) is 0 Å². The third-order valence-electron chi connectivity index (χ3n) is 3.65. The van der Waals surface area contributed by atoms with Crippen molar-refractivity contribution in [2.45, 2.75) is 24.7 Å². The van der Waals surface area contributed by atoms with Crippen molar-refractivity contribution in [2.75, 3.05) is 0 Å². The number of carbonyl (C=O) groups excluding carboxylic acids is 2. The van der Waals surface area contributed by atoms with Crippen molar-refractivity contribution in [1.29, 1.82) is 0 Å². The summed E-state index contributed by atoms with van der Waals surface area (Å²) >= 11 is 3.07. The van der Waals surface area contributed by atoms with Gasteiger partial charge in [-0.25, -0.2) is 3.93 Å². The molecule has 1 saturated carbocycles. The van der Waals surface area contributed by atoms with E-state index in [1.165, 1.54) is 0 Å². The molecular formula is C12H10BrNO2. The van der Waals surface area contributed by atoms with Gasteiger partial charge in [0.1, 0.15) is 0 Å². The van der Waals surface area contributed by atoms with E-state index in [1.807, 2.05) is 18.2 Å². The average molecular weight is 280 g/mol. The van der Waals surface area contributed by atoms with Crippen LogP contribution in [0.4, 0.5) is 0 Å². The molecule has 4 heteroatoms. The van der Waals surface area contributed by atoms with Crippen LogP contribution in [0.5, 0.6) is 0 Å². The molecule has 16 heavy (non-hydrogen) atoms. The number of hydrogen-bond acceptors (Lipinski definition) is 2. The van der Waals surface area contributed by atoms with Crippen LogP contribution in [-0.2, 0) is 10.2 Å². The van der Waals surface area contributed by atoms with Gasteiger partial charge in [0.05, 0.1) is 21.6 Å². The van der Waals surface area contributed by atoms with Gasteiger partial charge in [0.2, 0.25) is 5.91 Å².